The Bertz CT molecular complexity index is 1250. The van der Waals surface area contributed by atoms with Gasteiger partial charge in [0.25, 0.3) is 11.8 Å². The summed E-state index contributed by atoms with van der Waals surface area (Å²) in [6, 6.07) is 14.3. The lowest BCUT2D eigenvalue weighted by atomic mass is 10.1. The summed E-state index contributed by atoms with van der Waals surface area (Å²) < 4.78 is 6.05. The number of halogens is 1. The number of ether oxygens (including phenoxy) is 1. The van der Waals surface area contributed by atoms with Crippen LogP contribution in [0.5, 0.6) is 5.75 Å². The molecule has 0 fully saturated rings. The number of carbonyl (C=O) groups is 3. The van der Waals surface area contributed by atoms with Gasteiger partial charge in [-0.05, 0) is 49.9 Å². The minimum absolute atomic E-state index is 0.0833. The predicted octanol–water partition coefficient (Wildman–Crippen LogP) is 3.88. The summed E-state index contributed by atoms with van der Waals surface area (Å²) in [4.78, 5) is 45.6. The quantitative estimate of drug-likeness (QED) is 0.525. The summed E-state index contributed by atoms with van der Waals surface area (Å²) in [5.74, 6) is -0.396. The number of thiazole rings is 1. The molecule has 1 aromatic heterocycles. The van der Waals surface area contributed by atoms with E-state index in [1.54, 1.807) is 35.5 Å². The fourth-order valence-electron chi connectivity index (χ4n) is 4.12. The van der Waals surface area contributed by atoms with Gasteiger partial charge in [-0.2, -0.15) is 0 Å². The van der Waals surface area contributed by atoms with Gasteiger partial charge in [-0.3, -0.25) is 14.4 Å². The number of hydrogen-bond acceptors (Lipinski definition) is 6. The predicted molar refractivity (Wildman–Crippen MR) is 143 cm³/mol. The highest BCUT2D eigenvalue weighted by Crippen LogP contribution is 2.24. The summed E-state index contributed by atoms with van der Waals surface area (Å²) in [7, 11) is 0. The number of benzene rings is 2. The normalized spacial score (nSPS) is 17.5. The monoisotopic (exact) mass is 540 g/mol. The minimum atomic E-state index is -0.395. The molecule has 0 spiro atoms. The van der Waals surface area contributed by atoms with E-state index in [0.717, 1.165) is 5.56 Å². The van der Waals surface area contributed by atoms with Crippen LogP contribution in [0.15, 0.2) is 54.0 Å². The van der Waals surface area contributed by atoms with Gasteiger partial charge in [0.1, 0.15) is 17.2 Å². The van der Waals surface area contributed by atoms with Crippen LogP contribution in [0.3, 0.4) is 0 Å². The van der Waals surface area contributed by atoms with E-state index < -0.39 is 6.04 Å². The Hall–Kier alpha value is -3.43. The molecule has 1 aliphatic heterocycles. The average molecular weight is 541 g/mol. The van der Waals surface area contributed by atoms with Gasteiger partial charge in [0.05, 0.1) is 29.4 Å². The van der Waals surface area contributed by atoms with Crippen molar-refractivity contribution in [2.75, 3.05) is 26.2 Å². The Labute approximate surface area is 225 Å². The van der Waals surface area contributed by atoms with Gasteiger partial charge in [0, 0.05) is 18.1 Å². The molecule has 0 radical (unpaired) electrons. The molecule has 194 valence electrons. The lowest BCUT2D eigenvalue weighted by molar-refractivity contribution is -0.122. The number of aryl methyl sites for hydroxylation is 1. The standard InChI is InChI=1S/C27H29ClN4O4S/c1-18-25(37-17-30-18)27(35)32-12-6-5-11-29-26(34)22-14-20(28)9-10-23(22)36-16-21(31-24(33)15-32)13-19-7-3-2-4-8-19/h2-4,7-10,14,17,21H,5-6,11-13,15-16H2,1H3,(H,29,34)(H,31,33)/t21-/m0/s1. The van der Waals surface area contributed by atoms with E-state index in [1.807, 2.05) is 30.3 Å². The Balaban J connectivity index is 1.58. The fraction of sp³-hybridized carbons (Fsp3) is 0.333. The van der Waals surface area contributed by atoms with E-state index in [0.29, 0.717) is 59.3 Å². The number of fused-ring (bicyclic) bond motifs is 1. The fourth-order valence-corrected chi connectivity index (χ4v) is 5.06. The van der Waals surface area contributed by atoms with Crippen LogP contribution in [0.1, 0.15) is 44.1 Å². The Morgan fingerprint density at radius 3 is 2.76 bits per heavy atom. The summed E-state index contributed by atoms with van der Waals surface area (Å²) >= 11 is 7.42. The first-order valence-electron chi connectivity index (χ1n) is 12.1. The highest BCUT2D eigenvalue weighted by atomic mass is 35.5. The summed E-state index contributed by atoms with van der Waals surface area (Å²) in [6.45, 7) is 2.62. The summed E-state index contributed by atoms with van der Waals surface area (Å²) in [6.07, 6.45) is 1.76. The first-order chi connectivity index (χ1) is 17.9. The van der Waals surface area contributed by atoms with E-state index in [-0.39, 0.29) is 30.9 Å². The largest absolute Gasteiger partial charge is 0.491 e. The molecule has 2 aromatic carbocycles. The van der Waals surface area contributed by atoms with Crippen LogP contribution in [0.2, 0.25) is 5.02 Å². The topological polar surface area (TPSA) is 101 Å². The van der Waals surface area contributed by atoms with Crippen molar-refractivity contribution < 1.29 is 19.1 Å². The third-order valence-electron chi connectivity index (χ3n) is 6.02. The van der Waals surface area contributed by atoms with Crippen LogP contribution in [0.25, 0.3) is 0 Å². The van der Waals surface area contributed by atoms with Crippen molar-refractivity contribution in [2.45, 2.75) is 32.2 Å². The summed E-state index contributed by atoms with van der Waals surface area (Å²) in [5, 5.41) is 6.37. The van der Waals surface area contributed by atoms with E-state index in [4.69, 9.17) is 16.3 Å². The molecule has 8 nitrogen and oxygen atoms in total. The van der Waals surface area contributed by atoms with Crippen molar-refractivity contribution in [3.63, 3.8) is 0 Å². The van der Waals surface area contributed by atoms with Crippen molar-refractivity contribution >= 4 is 40.7 Å². The molecule has 0 saturated carbocycles. The van der Waals surface area contributed by atoms with Gasteiger partial charge < -0.3 is 20.3 Å². The molecule has 37 heavy (non-hydrogen) atoms. The molecule has 10 heteroatoms. The van der Waals surface area contributed by atoms with Gasteiger partial charge in [0.15, 0.2) is 0 Å². The third-order valence-corrected chi connectivity index (χ3v) is 7.17. The molecular formula is C27H29ClN4O4S. The second kappa shape index (κ2) is 12.7. The van der Waals surface area contributed by atoms with Crippen LogP contribution in [-0.2, 0) is 11.2 Å². The molecule has 0 unspecified atom stereocenters. The van der Waals surface area contributed by atoms with Crippen LogP contribution in [0, 0.1) is 6.92 Å². The first kappa shape index (κ1) is 26.6. The van der Waals surface area contributed by atoms with E-state index >= 15 is 0 Å². The molecule has 0 aliphatic carbocycles. The van der Waals surface area contributed by atoms with Crippen LogP contribution >= 0.6 is 22.9 Å². The lowest BCUT2D eigenvalue weighted by Gasteiger charge is -2.24. The van der Waals surface area contributed by atoms with E-state index in [2.05, 4.69) is 15.6 Å². The van der Waals surface area contributed by atoms with Gasteiger partial charge in [0.2, 0.25) is 5.91 Å². The first-order valence-corrected chi connectivity index (χ1v) is 13.4. The maximum atomic E-state index is 13.2. The zero-order valence-electron chi connectivity index (χ0n) is 20.5. The maximum absolute atomic E-state index is 13.2. The molecule has 3 amide bonds. The zero-order valence-corrected chi connectivity index (χ0v) is 22.1. The number of rotatable bonds is 3. The third kappa shape index (κ3) is 7.30. The Morgan fingerprint density at radius 1 is 1.19 bits per heavy atom. The van der Waals surface area contributed by atoms with Gasteiger partial charge in [-0.15, -0.1) is 11.3 Å². The molecule has 1 aliphatic rings. The minimum Gasteiger partial charge on any atom is -0.491 e. The van der Waals surface area contributed by atoms with E-state index in [9.17, 15) is 14.4 Å². The van der Waals surface area contributed by atoms with Gasteiger partial charge in [-0.25, -0.2) is 4.98 Å². The number of nitrogens with zero attached hydrogens (tertiary/aromatic N) is 2. The van der Waals surface area contributed by atoms with Crippen molar-refractivity contribution in [1.29, 1.82) is 0 Å². The molecule has 2 heterocycles. The van der Waals surface area contributed by atoms with Gasteiger partial charge >= 0.3 is 0 Å². The number of amides is 3. The molecule has 0 bridgehead atoms. The van der Waals surface area contributed by atoms with Crippen molar-refractivity contribution in [1.82, 2.24) is 20.5 Å². The summed E-state index contributed by atoms with van der Waals surface area (Å²) in [5.41, 5.74) is 3.63. The van der Waals surface area contributed by atoms with Crippen LogP contribution in [-0.4, -0.2) is 59.9 Å². The second-order valence-corrected chi connectivity index (χ2v) is 10.2. The second-order valence-electron chi connectivity index (χ2n) is 8.86. The highest BCUT2D eigenvalue weighted by molar-refractivity contribution is 7.11. The van der Waals surface area contributed by atoms with Crippen LogP contribution < -0.4 is 15.4 Å². The molecular weight excluding hydrogens is 512 g/mol. The number of hydrogen-bond donors (Lipinski definition) is 2. The lowest BCUT2D eigenvalue weighted by Crippen LogP contribution is -2.47. The Morgan fingerprint density at radius 2 is 2.00 bits per heavy atom. The number of carbonyl (C=O) groups excluding carboxylic acids is 3. The highest BCUT2D eigenvalue weighted by Gasteiger charge is 2.24. The van der Waals surface area contributed by atoms with Crippen molar-refractivity contribution in [2.24, 2.45) is 0 Å². The molecule has 2 N–H and O–H groups in total. The SMILES string of the molecule is Cc1ncsc1C(=O)N1CCCCNC(=O)c2cc(Cl)ccc2OC[C@H](Cc2ccccc2)NC(=O)C1. The molecule has 4 rings (SSSR count). The number of aromatic nitrogens is 1. The Kier molecular flexibility index (Phi) is 9.14. The average Bonchev–Trinajstić information content (AvgIpc) is 3.32. The van der Waals surface area contributed by atoms with E-state index in [1.165, 1.54) is 11.3 Å². The maximum Gasteiger partial charge on any atom is 0.266 e. The van der Waals surface area contributed by atoms with Crippen molar-refractivity contribution in [3.8, 4) is 5.75 Å². The molecule has 1 atom stereocenters. The van der Waals surface area contributed by atoms with Crippen molar-refractivity contribution in [3.05, 3.63) is 80.8 Å². The van der Waals surface area contributed by atoms with Crippen LogP contribution in [0.4, 0.5) is 0 Å². The molecule has 3 aromatic rings. The molecule has 0 saturated heterocycles. The smallest absolute Gasteiger partial charge is 0.266 e. The van der Waals surface area contributed by atoms with Gasteiger partial charge in [-0.1, -0.05) is 41.9 Å². The zero-order chi connectivity index (χ0) is 26.2. The number of nitrogens with one attached hydrogen (secondary N) is 2.